The van der Waals surface area contributed by atoms with Gasteiger partial charge in [0.15, 0.2) is 9.84 Å². The molecule has 1 fully saturated rings. The van der Waals surface area contributed by atoms with Crippen molar-refractivity contribution in [2.24, 2.45) is 5.92 Å². The molecule has 0 spiro atoms. The quantitative estimate of drug-likeness (QED) is 0.805. The van der Waals surface area contributed by atoms with Gasteiger partial charge in [0.25, 0.3) is 0 Å². The number of carbonyl (C=O) groups is 1. The summed E-state index contributed by atoms with van der Waals surface area (Å²) in [6.45, 7) is 1.87. The Labute approximate surface area is 142 Å². The number of hydrogen-bond acceptors (Lipinski definition) is 5. The summed E-state index contributed by atoms with van der Waals surface area (Å²) in [7, 11) is -3.09. The molecule has 0 N–H and O–H groups in total. The number of carbonyl (C=O) groups excluding carboxylic acids is 1. The molecule has 24 heavy (non-hydrogen) atoms. The first-order valence-electron chi connectivity index (χ1n) is 8.21. The van der Waals surface area contributed by atoms with E-state index in [1.165, 1.54) is 5.41 Å². The first-order valence-corrected chi connectivity index (χ1v) is 9.92. The third-order valence-electron chi connectivity index (χ3n) is 4.44. The minimum atomic E-state index is -3.09. The van der Waals surface area contributed by atoms with Gasteiger partial charge in [-0.05, 0) is 24.5 Å². The van der Waals surface area contributed by atoms with Crippen molar-refractivity contribution in [1.82, 2.24) is 9.88 Å². The van der Waals surface area contributed by atoms with Crippen molar-refractivity contribution < 1.29 is 17.9 Å². The van der Waals surface area contributed by atoms with E-state index in [0.29, 0.717) is 19.7 Å². The Morgan fingerprint density at radius 2 is 2.12 bits per heavy atom. The second-order valence-corrected chi connectivity index (χ2v) is 8.31. The van der Waals surface area contributed by atoms with Crippen LogP contribution in [0.1, 0.15) is 24.8 Å². The molecule has 1 amide bonds. The van der Waals surface area contributed by atoms with Crippen LogP contribution in [0, 0.1) is 5.92 Å². The second-order valence-electron chi connectivity index (χ2n) is 6.37. The standard InChI is InChI=1S/C17H22N2O4S/c20-17(10-14-5-9-24(21,22)13-14)19-7-3-16(4-8-19)23-12-15-2-1-6-18-11-15/h1-2,5-6,9,11,14,16H,3-4,7-8,10,12-13H2/t14-/m1/s1. The van der Waals surface area contributed by atoms with E-state index >= 15 is 0 Å². The lowest BCUT2D eigenvalue weighted by molar-refractivity contribution is -0.134. The number of allylic oxidation sites excluding steroid dienone is 1. The summed E-state index contributed by atoms with van der Waals surface area (Å²) < 4.78 is 28.7. The van der Waals surface area contributed by atoms with E-state index in [1.807, 2.05) is 17.0 Å². The molecule has 1 aromatic rings. The topological polar surface area (TPSA) is 76.6 Å². The van der Waals surface area contributed by atoms with Crippen molar-refractivity contribution in [2.75, 3.05) is 18.8 Å². The number of rotatable bonds is 5. The van der Waals surface area contributed by atoms with Crippen molar-refractivity contribution in [2.45, 2.75) is 32.0 Å². The van der Waals surface area contributed by atoms with Crippen LogP contribution in [0.3, 0.4) is 0 Å². The van der Waals surface area contributed by atoms with Crippen molar-refractivity contribution in [3.8, 4) is 0 Å². The van der Waals surface area contributed by atoms with Crippen LogP contribution < -0.4 is 0 Å². The molecule has 0 aromatic carbocycles. The van der Waals surface area contributed by atoms with Crippen LogP contribution >= 0.6 is 0 Å². The van der Waals surface area contributed by atoms with Crippen molar-refractivity contribution >= 4 is 15.7 Å². The molecule has 0 unspecified atom stereocenters. The van der Waals surface area contributed by atoms with Crippen molar-refractivity contribution in [3.05, 3.63) is 41.6 Å². The molecule has 0 bridgehead atoms. The maximum Gasteiger partial charge on any atom is 0.223 e. The Kier molecular flexibility index (Phi) is 5.30. The minimum Gasteiger partial charge on any atom is -0.373 e. The van der Waals surface area contributed by atoms with Crippen LogP contribution in [0.2, 0.25) is 0 Å². The van der Waals surface area contributed by atoms with Gasteiger partial charge in [-0.15, -0.1) is 0 Å². The number of nitrogens with zero attached hydrogens (tertiary/aromatic N) is 2. The Morgan fingerprint density at radius 1 is 1.33 bits per heavy atom. The Hall–Kier alpha value is -1.73. The highest BCUT2D eigenvalue weighted by Crippen LogP contribution is 2.21. The molecule has 7 heteroatoms. The number of amides is 1. The Balaban J connectivity index is 1.40. The molecule has 0 aliphatic carbocycles. The van der Waals surface area contributed by atoms with Crippen LogP contribution in [0.15, 0.2) is 36.0 Å². The summed E-state index contributed by atoms with van der Waals surface area (Å²) in [4.78, 5) is 18.2. The maximum atomic E-state index is 12.3. The molecule has 2 aliphatic rings. The van der Waals surface area contributed by atoms with Crippen molar-refractivity contribution in [3.63, 3.8) is 0 Å². The Morgan fingerprint density at radius 3 is 2.75 bits per heavy atom. The third kappa shape index (κ3) is 4.64. The minimum absolute atomic E-state index is 0.0347. The maximum absolute atomic E-state index is 12.3. The monoisotopic (exact) mass is 350 g/mol. The molecular formula is C17H22N2O4S. The smallest absolute Gasteiger partial charge is 0.223 e. The average Bonchev–Trinajstić information content (AvgIpc) is 2.93. The summed E-state index contributed by atoms with van der Waals surface area (Å²) in [5.41, 5.74) is 1.05. The predicted octanol–water partition coefficient (Wildman–Crippen LogP) is 1.54. The van der Waals surface area contributed by atoms with E-state index in [4.69, 9.17) is 4.74 Å². The number of pyridine rings is 1. The first-order chi connectivity index (χ1) is 11.5. The van der Waals surface area contributed by atoms with Gasteiger partial charge in [0.2, 0.25) is 5.91 Å². The highest BCUT2D eigenvalue weighted by Gasteiger charge is 2.28. The fourth-order valence-electron chi connectivity index (χ4n) is 3.09. The normalized spacial score (nSPS) is 23.5. The van der Waals surface area contributed by atoms with Gasteiger partial charge < -0.3 is 9.64 Å². The molecule has 1 atom stereocenters. The lowest BCUT2D eigenvalue weighted by Crippen LogP contribution is -2.41. The average molecular weight is 350 g/mol. The van der Waals surface area contributed by atoms with Crippen LogP contribution in [0.25, 0.3) is 0 Å². The third-order valence-corrected chi connectivity index (χ3v) is 5.91. The molecular weight excluding hydrogens is 328 g/mol. The molecule has 2 aliphatic heterocycles. The van der Waals surface area contributed by atoms with E-state index in [2.05, 4.69) is 4.98 Å². The molecule has 130 valence electrons. The van der Waals surface area contributed by atoms with Crippen LogP contribution in [0.4, 0.5) is 0 Å². The zero-order valence-electron chi connectivity index (χ0n) is 13.5. The SMILES string of the molecule is O=C(C[C@H]1C=CS(=O)(=O)C1)N1CCC(OCc2cccnc2)CC1. The van der Waals surface area contributed by atoms with Gasteiger partial charge in [-0.1, -0.05) is 12.1 Å². The Bertz CT molecular complexity index is 695. The number of aromatic nitrogens is 1. The molecule has 3 rings (SSSR count). The fourth-order valence-corrected chi connectivity index (χ4v) is 4.49. The van der Waals surface area contributed by atoms with E-state index in [1.54, 1.807) is 18.5 Å². The summed E-state index contributed by atoms with van der Waals surface area (Å²) in [6.07, 6.45) is 7.21. The molecule has 1 saturated heterocycles. The molecule has 0 radical (unpaired) electrons. The highest BCUT2D eigenvalue weighted by atomic mass is 32.2. The summed E-state index contributed by atoms with van der Waals surface area (Å²) >= 11 is 0. The lowest BCUT2D eigenvalue weighted by Gasteiger charge is -2.32. The van der Waals surface area contributed by atoms with Gasteiger partial charge in [-0.25, -0.2) is 8.42 Å². The van der Waals surface area contributed by atoms with Gasteiger partial charge in [0.05, 0.1) is 18.5 Å². The molecule has 0 saturated carbocycles. The van der Waals surface area contributed by atoms with Crippen LogP contribution in [0.5, 0.6) is 0 Å². The van der Waals surface area contributed by atoms with E-state index in [9.17, 15) is 13.2 Å². The lowest BCUT2D eigenvalue weighted by atomic mass is 10.0. The zero-order valence-corrected chi connectivity index (χ0v) is 14.3. The molecule has 6 nitrogen and oxygen atoms in total. The van der Waals surface area contributed by atoms with Gasteiger partial charge in [0.1, 0.15) is 0 Å². The first kappa shape index (κ1) is 17.1. The van der Waals surface area contributed by atoms with Gasteiger partial charge in [-0.3, -0.25) is 9.78 Å². The largest absolute Gasteiger partial charge is 0.373 e. The fraction of sp³-hybridized carbons (Fsp3) is 0.529. The van der Waals surface area contributed by atoms with Crippen LogP contribution in [-0.2, 0) is 26.0 Å². The molecule has 1 aromatic heterocycles. The zero-order chi connectivity index (χ0) is 17.0. The number of likely N-dealkylation sites (tertiary alicyclic amines) is 1. The van der Waals surface area contributed by atoms with E-state index < -0.39 is 9.84 Å². The summed E-state index contributed by atoms with van der Waals surface area (Å²) in [5, 5.41) is 1.23. The number of ether oxygens (including phenoxy) is 1. The van der Waals surface area contributed by atoms with Crippen LogP contribution in [-0.4, -0.2) is 49.2 Å². The summed E-state index contributed by atoms with van der Waals surface area (Å²) in [5.74, 6) is -0.0850. The summed E-state index contributed by atoms with van der Waals surface area (Å²) in [6, 6.07) is 3.87. The number of piperidine rings is 1. The van der Waals surface area contributed by atoms with Gasteiger partial charge in [0, 0.05) is 43.2 Å². The van der Waals surface area contributed by atoms with Gasteiger partial charge in [-0.2, -0.15) is 0 Å². The molecule has 3 heterocycles. The van der Waals surface area contributed by atoms with Gasteiger partial charge >= 0.3 is 0 Å². The van der Waals surface area contributed by atoms with E-state index in [0.717, 1.165) is 18.4 Å². The van der Waals surface area contributed by atoms with Crippen molar-refractivity contribution in [1.29, 1.82) is 0 Å². The second kappa shape index (κ2) is 7.44. The highest BCUT2D eigenvalue weighted by molar-refractivity contribution is 7.94. The predicted molar refractivity (Wildman–Crippen MR) is 89.7 cm³/mol. The number of sulfone groups is 1. The number of hydrogen-bond donors (Lipinski definition) is 0. The van der Waals surface area contributed by atoms with E-state index in [-0.39, 0.29) is 30.1 Å².